The molecule has 0 aromatic rings. The van der Waals surface area contributed by atoms with E-state index >= 15 is 0 Å². The second kappa shape index (κ2) is 9.60. The number of rotatable bonds is 8. The van der Waals surface area contributed by atoms with Crippen molar-refractivity contribution in [1.29, 1.82) is 0 Å². The van der Waals surface area contributed by atoms with Crippen molar-refractivity contribution >= 4 is 29.2 Å². The molecule has 0 heterocycles. The fourth-order valence-corrected chi connectivity index (χ4v) is 1.15. The molecule has 14 heavy (non-hydrogen) atoms. The summed E-state index contributed by atoms with van der Waals surface area (Å²) < 4.78 is 4.92. The Morgan fingerprint density at radius 2 is 2.07 bits per heavy atom. The zero-order chi connectivity index (χ0) is 10.8. The maximum absolute atomic E-state index is 11.1. The summed E-state index contributed by atoms with van der Waals surface area (Å²) in [5, 5.41) is -0.267. The van der Waals surface area contributed by atoms with Crippen LogP contribution in [0.4, 0.5) is 0 Å². The SMILES string of the molecule is CCCCCCC(=O)OCC(Cl)CCl. The van der Waals surface area contributed by atoms with Crippen LogP contribution in [-0.4, -0.2) is 23.8 Å². The van der Waals surface area contributed by atoms with Gasteiger partial charge in [-0.15, -0.1) is 23.2 Å². The van der Waals surface area contributed by atoms with Gasteiger partial charge in [-0.3, -0.25) is 4.79 Å². The van der Waals surface area contributed by atoms with E-state index in [1.165, 1.54) is 12.8 Å². The van der Waals surface area contributed by atoms with Gasteiger partial charge < -0.3 is 4.74 Å². The Kier molecular flexibility index (Phi) is 9.63. The van der Waals surface area contributed by atoms with Gasteiger partial charge in [0.05, 0.1) is 5.38 Å². The Balaban J connectivity index is 3.28. The molecule has 0 saturated heterocycles. The second-order valence-electron chi connectivity index (χ2n) is 3.25. The van der Waals surface area contributed by atoms with E-state index in [9.17, 15) is 4.79 Å². The molecule has 0 aromatic heterocycles. The summed E-state index contributed by atoms with van der Waals surface area (Å²) in [5.74, 6) is 0.141. The number of carbonyl (C=O) groups excluding carboxylic acids is 1. The van der Waals surface area contributed by atoms with E-state index < -0.39 is 0 Å². The third-order valence-electron chi connectivity index (χ3n) is 1.83. The molecule has 0 amide bonds. The monoisotopic (exact) mass is 240 g/mol. The summed E-state index contributed by atoms with van der Waals surface area (Å²) >= 11 is 11.1. The fourth-order valence-electron chi connectivity index (χ4n) is 0.996. The molecule has 1 atom stereocenters. The molecule has 0 rings (SSSR count). The van der Waals surface area contributed by atoms with Crippen molar-refractivity contribution in [2.45, 2.75) is 44.4 Å². The summed E-state index contributed by atoms with van der Waals surface area (Å²) in [7, 11) is 0. The minimum atomic E-state index is -0.267. The highest BCUT2D eigenvalue weighted by atomic mass is 35.5. The molecule has 2 nitrogen and oxygen atoms in total. The van der Waals surface area contributed by atoms with Crippen molar-refractivity contribution in [2.24, 2.45) is 0 Å². The van der Waals surface area contributed by atoms with Gasteiger partial charge >= 0.3 is 5.97 Å². The van der Waals surface area contributed by atoms with E-state index in [-0.39, 0.29) is 18.0 Å². The van der Waals surface area contributed by atoms with Gasteiger partial charge in [-0.2, -0.15) is 0 Å². The summed E-state index contributed by atoms with van der Waals surface area (Å²) in [6.07, 6.45) is 4.83. The lowest BCUT2D eigenvalue weighted by Crippen LogP contribution is -2.15. The van der Waals surface area contributed by atoms with Crippen molar-refractivity contribution in [1.82, 2.24) is 0 Å². The van der Waals surface area contributed by atoms with Crippen LogP contribution in [0, 0.1) is 0 Å². The quantitative estimate of drug-likeness (QED) is 0.370. The molecule has 0 aliphatic rings. The number of hydrogen-bond donors (Lipinski definition) is 0. The highest BCUT2D eigenvalue weighted by molar-refractivity contribution is 6.28. The van der Waals surface area contributed by atoms with Crippen molar-refractivity contribution in [3.05, 3.63) is 0 Å². The number of unbranched alkanes of at least 4 members (excludes halogenated alkanes) is 3. The average molecular weight is 241 g/mol. The normalized spacial score (nSPS) is 12.5. The minimum Gasteiger partial charge on any atom is -0.464 e. The van der Waals surface area contributed by atoms with Crippen LogP contribution in [0.15, 0.2) is 0 Å². The lowest BCUT2D eigenvalue weighted by molar-refractivity contribution is -0.143. The number of ether oxygens (including phenoxy) is 1. The van der Waals surface area contributed by atoms with Crippen molar-refractivity contribution < 1.29 is 9.53 Å². The maximum Gasteiger partial charge on any atom is 0.305 e. The van der Waals surface area contributed by atoms with Crippen LogP contribution in [0.25, 0.3) is 0 Å². The summed E-state index contributed by atoms with van der Waals surface area (Å²) in [6.45, 7) is 2.36. The zero-order valence-electron chi connectivity index (χ0n) is 8.60. The Morgan fingerprint density at radius 3 is 2.64 bits per heavy atom. The largest absolute Gasteiger partial charge is 0.464 e. The van der Waals surface area contributed by atoms with E-state index in [4.69, 9.17) is 27.9 Å². The maximum atomic E-state index is 11.1. The molecule has 0 aromatic carbocycles. The molecule has 0 spiro atoms. The first-order valence-corrected chi connectivity index (χ1v) is 6.03. The van der Waals surface area contributed by atoms with Gasteiger partial charge in [0.1, 0.15) is 6.61 Å². The van der Waals surface area contributed by atoms with Gasteiger partial charge in [0.2, 0.25) is 0 Å². The van der Waals surface area contributed by atoms with Gasteiger partial charge in [-0.1, -0.05) is 26.2 Å². The number of esters is 1. The molecule has 0 aliphatic heterocycles. The van der Waals surface area contributed by atoms with Crippen molar-refractivity contribution in [2.75, 3.05) is 12.5 Å². The van der Waals surface area contributed by atoms with E-state index in [1.807, 2.05) is 0 Å². The molecule has 1 unspecified atom stereocenters. The van der Waals surface area contributed by atoms with Crippen LogP contribution < -0.4 is 0 Å². The topological polar surface area (TPSA) is 26.3 Å². The van der Waals surface area contributed by atoms with Gasteiger partial charge in [0.15, 0.2) is 0 Å². The van der Waals surface area contributed by atoms with Gasteiger partial charge in [0.25, 0.3) is 0 Å². The van der Waals surface area contributed by atoms with Gasteiger partial charge in [-0.05, 0) is 6.42 Å². The van der Waals surface area contributed by atoms with E-state index in [2.05, 4.69) is 6.92 Å². The summed E-state index contributed by atoms with van der Waals surface area (Å²) in [4.78, 5) is 11.1. The van der Waals surface area contributed by atoms with Crippen LogP contribution in [0.3, 0.4) is 0 Å². The first kappa shape index (κ1) is 14.1. The van der Waals surface area contributed by atoms with Crippen LogP contribution in [-0.2, 0) is 9.53 Å². The second-order valence-corrected chi connectivity index (χ2v) is 4.17. The van der Waals surface area contributed by atoms with Crippen LogP contribution >= 0.6 is 23.2 Å². The Bertz CT molecular complexity index is 151. The Labute approximate surface area is 95.9 Å². The van der Waals surface area contributed by atoms with Crippen molar-refractivity contribution in [3.8, 4) is 0 Å². The van der Waals surface area contributed by atoms with E-state index in [1.54, 1.807) is 0 Å². The lowest BCUT2D eigenvalue weighted by atomic mass is 10.2. The number of carbonyl (C=O) groups is 1. The average Bonchev–Trinajstić information content (AvgIpc) is 2.21. The molecule has 84 valence electrons. The molecule has 0 N–H and O–H groups in total. The molecule has 0 saturated carbocycles. The minimum absolute atomic E-state index is 0.170. The van der Waals surface area contributed by atoms with Gasteiger partial charge in [0, 0.05) is 12.3 Å². The summed E-state index contributed by atoms with van der Waals surface area (Å²) in [6, 6.07) is 0. The molecule has 4 heteroatoms. The molecular weight excluding hydrogens is 223 g/mol. The molecule has 0 fully saturated rings. The zero-order valence-corrected chi connectivity index (χ0v) is 10.1. The fraction of sp³-hybridized carbons (Fsp3) is 0.900. The third-order valence-corrected chi connectivity index (χ3v) is 2.64. The lowest BCUT2D eigenvalue weighted by Gasteiger charge is -2.06. The first-order chi connectivity index (χ1) is 6.70. The highest BCUT2D eigenvalue weighted by Gasteiger charge is 2.07. The van der Waals surface area contributed by atoms with Crippen molar-refractivity contribution in [3.63, 3.8) is 0 Å². The Hall–Kier alpha value is 0.0500. The number of hydrogen-bond acceptors (Lipinski definition) is 2. The number of halogens is 2. The molecule has 0 bridgehead atoms. The highest BCUT2D eigenvalue weighted by Crippen LogP contribution is 2.05. The van der Waals surface area contributed by atoms with E-state index in [0.29, 0.717) is 12.3 Å². The predicted octanol–water partition coefficient (Wildman–Crippen LogP) is 3.35. The summed E-state index contributed by atoms with van der Waals surface area (Å²) in [5.41, 5.74) is 0. The van der Waals surface area contributed by atoms with E-state index in [0.717, 1.165) is 12.8 Å². The Morgan fingerprint density at radius 1 is 1.36 bits per heavy atom. The van der Waals surface area contributed by atoms with Crippen LogP contribution in [0.5, 0.6) is 0 Å². The number of alkyl halides is 2. The molecule has 0 aliphatic carbocycles. The predicted molar refractivity (Wildman–Crippen MR) is 60.1 cm³/mol. The molecular formula is C10H18Cl2O2. The van der Waals surface area contributed by atoms with Gasteiger partial charge in [-0.25, -0.2) is 0 Å². The smallest absolute Gasteiger partial charge is 0.305 e. The molecule has 0 radical (unpaired) electrons. The van der Waals surface area contributed by atoms with Crippen LogP contribution in [0.1, 0.15) is 39.0 Å². The first-order valence-electron chi connectivity index (χ1n) is 5.06. The standard InChI is InChI=1S/C10H18Cl2O2/c1-2-3-4-5-6-10(13)14-8-9(12)7-11/h9H,2-8H2,1H3. The third kappa shape index (κ3) is 8.64. The van der Waals surface area contributed by atoms with Crippen LogP contribution in [0.2, 0.25) is 0 Å².